The van der Waals surface area contributed by atoms with E-state index in [1.807, 2.05) is 0 Å². The molecule has 1 unspecified atom stereocenters. The highest BCUT2D eigenvalue weighted by atomic mass is 15.1. The van der Waals surface area contributed by atoms with Gasteiger partial charge in [-0.1, -0.05) is 30.3 Å². The van der Waals surface area contributed by atoms with Crippen molar-refractivity contribution in [3.05, 3.63) is 35.9 Å². The zero-order valence-electron chi connectivity index (χ0n) is 12.6. The zero-order valence-corrected chi connectivity index (χ0v) is 12.6. The summed E-state index contributed by atoms with van der Waals surface area (Å²) in [4.78, 5) is 2.61. The molecule has 0 bridgehead atoms. The summed E-state index contributed by atoms with van der Waals surface area (Å²) in [5.74, 6) is 0. The summed E-state index contributed by atoms with van der Waals surface area (Å²) in [6.45, 7) is 9.38. The molecule has 0 radical (unpaired) electrons. The molecule has 1 aromatic rings. The van der Waals surface area contributed by atoms with Crippen LogP contribution in [0, 0.1) is 0 Å². The Morgan fingerprint density at radius 1 is 1.05 bits per heavy atom. The third-order valence-electron chi connectivity index (χ3n) is 4.28. The molecule has 2 atom stereocenters. The standard InChI is InChI=1S/C17H28N2/c1-14(2)19-12-7-10-17(11-13-19)18-15(3)16-8-5-4-6-9-16/h4-6,8-9,14-15,17-18H,7,10-13H2,1-3H3/t15-,17?/m0/s1. The van der Waals surface area contributed by atoms with Crippen LogP contribution in [0.2, 0.25) is 0 Å². The van der Waals surface area contributed by atoms with Crippen LogP contribution in [0.3, 0.4) is 0 Å². The van der Waals surface area contributed by atoms with Crippen LogP contribution in [0.15, 0.2) is 30.3 Å². The van der Waals surface area contributed by atoms with Crippen molar-refractivity contribution in [1.82, 2.24) is 10.2 Å². The smallest absolute Gasteiger partial charge is 0.0294 e. The molecule has 1 aromatic carbocycles. The fraction of sp³-hybridized carbons (Fsp3) is 0.647. The molecule has 0 aliphatic carbocycles. The van der Waals surface area contributed by atoms with Crippen molar-refractivity contribution in [2.24, 2.45) is 0 Å². The number of nitrogens with zero attached hydrogens (tertiary/aromatic N) is 1. The van der Waals surface area contributed by atoms with Crippen LogP contribution in [-0.2, 0) is 0 Å². The van der Waals surface area contributed by atoms with Gasteiger partial charge < -0.3 is 10.2 Å². The fourth-order valence-electron chi connectivity index (χ4n) is 2.99. The number of nitrogens with one attached hydrogen (secondary N) is 1. The summed E-state index contributed by atoms with van der Waals surface area (Å²) in [6.07, 6.45) is 3.90. The van der Waals surface area contributed by atoms with Gasteiger partial charge in [-0.15, -0.1) is 0 Å². The number of hydrogen-bond acceptors (Lipinski definition) is 2. The highest BCUT2D eigenvalue weighted by Crippen LogP contribution is 2.18. The van der Waals surface area contributed by atoms with Gasteiger partial charge in [-0.2, -0.15) is 0 Å². The lowest BCUT2D eigenvalue weighted by Gasteiger charge is -2.25. The molecule has 1 N–H and O–H groups in total. The first-order chi connectivity index (χ1) is 9.16. The summed E-state index contributed by atoms with van der Waals surface area (Å²) in [7, 11) is 0. The zero-order chi connectivity index (χ0) is 13.7. The molecule has 0 aromatic heterocycles. The molecule has 1 aliphatic rings. The maximum Gasteiger partial charge on any atom is 0.0294 e. The average molecular weight is 260 g/mol. The van der Waals surface area contributed by atoms with Crippen LogP contribution < -0.4 is 5.32 Å². The second-order valence-electron chi connectivity index (χ2n) is 6.06. The van der Waals surface area contributed by atoms with Crippen molar-refractivity contribution in [2.45, 2.75) is 58.2 Å². The van der Waals surface area contributed by atoms with Gasteiger partial charge in [0.25, 0.3) is 0 Å². The van der Waals surface area contributed by atoms with Gasteiger partial charge in [-0.3, -0.25) is 0 Å². The largest absolute Gasteiger partial charge is 0.307 e. The molecule has 0 spiro atoms. The maximum absolute atomic E-state index is 3.81. The van der Waals surface area contributed by atoms with Crippen LogP contribution in [0.25, 0.3) is 0 Å². The molecular formula is C17H28N2. The minimum Gasteiger partial charge on any atom is -0.307 e. The predicted molar refractivity (Wildman–Crippen MR) is 82.3 cm³/mol. The third kappa shape index (κ3) is 4.32. The lowest BCUT2D eigenvalue weighted by atomic mass is 10.0. The lowest BCUT2D eigenvalue weighted by molar-refractivity contribution is 0.228. The summed E-state index contributed by atoms with van der Waals surface area (Å²) >= 11 is 0. The molecule has 0 amide bonds. The van der Waals surface area contributed by atoms with Gasteiger partial charge in [-0.25, -0.2) is 0 Å². The normalized spacial score (nSPS) is 23.3. The monoisotopic (exact) mass is 260 g/mol. The fourth-order valence-corrected chi connectivity index (χ4v) is 2.99. The molecule has 2 rings (SSSR count). The van der Waals surface area contributed by atoms with Gasteiger partial charge in [0.2, 0.25) is 0 Å². The van der Waals surface area contributed by atoms with E-state index >= 15 is 0 Å². The molecule has 106 valence electrons. The van der Waals surface area contributed by atoms with Crippen LogP contribution in [-0.4, -0.2) is 30.1 Å². The number of benzene rings is 1. The van der Waals surface area contributed by atoms with Crippen molar-refractivity contribution in [2.75, 3.05) is 13.1 Å². The Hall–Kier alpha value is -0.860. The molecule has 0 saturated carbocycles. The topological polar surface area (TPSA) is 15.3 Å². The Kier molecular flexibility index (Phi) is 5.41. The van der Waals surface area contributed by atoms with Crippen molar-refractivity contribution in [3.8, 4) is 0 Å². The van der Waals surface area contributed by atoms with Gasteiger partial charge in [0.1, 0.15) is 0 Å². The van der Waals surface area contributed by atoms with Crippen LogP contribution >= 0.6 is 0 Å². The lowest BCUT2D eigenvalue weighted by Crippen LogP contribution is -2.34. The Balaban J connectivity index is 1.86. The van der Waals surface area contributed by atoms with Gasteiger partial charge in [0, 0.05) is 18.1 Å². The van der Waals surface area contributed by atoms with E-state index in [9.17, 15) is 0 Å². The van der Waals surface area contributed by atoms with E-state index in [-0.39, 0.29) is 0 Å². The second-order valence-corrected chi connectivity index (χ2v) is 6.06. The minimum absolute atomic E-state index is 0.455. The highest BCUT2D eigenvalue weighted by Gasteiger charge is 2.19. The summed E-state index contributed by atoms with van der Waals surface area (Å²) < 4.78 is 0. The SMILES string of the molecule is CC(C)N1CCCC(N[C@@H](C)c2ccccc2)CC1. The summed E-state index contributed by atoms with van der Waals surface area (Å²) in [6, 6.07) is 12.6. The first kappa shape index (κ1) is 14.5. The Bertz CT molecular complexity index is 361. The predicted octanol–water partition coefficient (Wildman–Crippen LogP) is 3.60. The van der Waals surface area contributed by atoms with E-state index in [2.05, 4.69) is 61.3 Å². The molecule has 1 aliphatic heterocycles. The van der Waals surface area contributed by atoms with E-state index in [0.717, 1.165) is 0 Å². The Morgan fingerprint density at radius 3 is 2.47 bits per heavy atom. The molecule has 2 heteroatoms. The van der Waals surface area contributed by atoms with Crippen molar-refractivity contribution in [3.63, 3.8) is 0 Å². The van der Waals surface area contributed by atoms with Crippen molar-refractivity contribution >= 4 is 0 Å². The minimum atomic E-state index is 0.455. The summed E-state index contributed by atoms with van der Waals surface area (Å²) in [5, 5.41) is 3.81. The quantitative estimate of drug-likeness (QED) is 0.890. The van der Waals surface area contributed by atoms with Gasteiger partial charge in [0.05, 0.1) is 0 Å². The number of rotatable bonds is 4. The third-order valence-corrected chi connectivity index (χ3v) is 4.28. The van der Waals surface area contributed by atoms with E-state index in [4.69, 9.17) is 0 Å². The van der Waals surface area contributed by atoms with E-state index in [0.29, 0.717) is 18.1 Å². The molecule has 1 heterocycles. The average Bonchev–Trinajstić information content (AvgIpc) is 2.65. The first-order valence-electron chi connectivity index (χ1n) is 7.72. The van der Waals surface area contributed by atoms with Crippen LogP contribution in [0.1, 0.15) is 51.6 Å². The maximum atomic E-state index is 3.81. The number of hydrogen-bond donors (Lipinski definition) is 1. The summed E-state index contributed by atoms with van der Waals surface area (Å²) in [5.41, 5.74) is 1.40. The van der Waals surface area contributed by atoms with Gasteiger partial charge in [-0.05, 0) is 58.7 Å². The molecule has 19 heavy (non-hydrogen) atoms. The van der Waals surface area contributed by atoms with E-state index in [1.165, 1.54) is 37.9 Å². The molecule has 1 fully saturated rings. The first-order valence-corrected chi connectivity index (χ1v) is 7.72. The molecule has 1 saturated heterocycles. The van der Waals surface area contributed by atoms with Gasteiger partial charge in [0.15, 0.2) is 0 Å². The van der Waals surface area contributed by atoms with E-state index < -0.39 is 0 Å². The molecule has 2 nitrogen and oxygen atoms in total. The van der Waals surface area contributed by atoms with Crippen LogP contribution in [0.4, 0.5) is 0 Å². The van der Waals surface area contributed by atoms with E-state index in [1.54, 1.807) is 0 Å². The highest BCUT2D eigenvalue weighted by molar-refractivity contribution is 5.18. The van der Waals surface area contributed by atoms with Gasteiger partial charge >= 0.3 is 0 Å². The number of likely N-dealkylation sites (tertiary alicyclic amines) is 1. The Labute approximate surface area is 118 Å². The Morgan fingerprint density at radius 2 is 1.79 bits per heavy atom. The van der Waals surface area contributed by atoms with Crippen molar-refractivity contribution < 1.29 is 0 Å². The molecular weight excluding hydrogens is 232 g/mol. The van der Waals surface area contributed by atoms with Crippen LogP contribution in [0.5, 0.6) is 0 Å². The van der Waals surface area contributed by atoms with Crippen molar-refractivity contribution in [1.29, 1.82) is 0 Å². The second kappa shape index (κ2) is 7.06.